The van der Waals surface area contributed by atoms with E-state index in [1.165, 1.54) is 12.0 Å². The summed E-state index contributed by atoms with van der Waals surface area (Å²) in [5.41, 5.74) is 4.16. The molecule has 0 spiro atoms. The summed E-state index contributed by atoms with van der Waals surface area (Å²) in [6.07, 6.45) is 5.80. The van der Waals surface area contributed by atoms with Crippen molar-refractivity contribution in [3.8, 4) is 22.8 Å². The van der Waals surface area contributed by atoms with Crippen LogP contribution in [0.25, 0.3) is 11.3 Å². The lowest BCUT2D eigenvalue weighted by molar-refractivity contribution is -0.148. The topological polar surface area (TPSA) is 171 Å². The molecule has 3 aliphatic rings. The van der Waals surface area contributed by atoms with Crippen molar-refractivity contribution >= 4 is 52.7 Å². The van der Waals surface area contributed by atoms with Gasteiger partial charge in [0.15, 0.2) is 0 Å². The molecule has 3 fully saturated rings. The van der Waals surface area contributed by atoms with Crippen molar-refractivity contribution in [3.63, 3.8) is 0 Å². The van der Waals surface area contributed by atoms with E-state index in [2.05, 4.69) is 30.0 Å². The van der Waals surface area contributed by atoms with Gasteiger partial charge < -0.3 is 49.0 Å². The van der Waals surface area contributed by atoms with Gasteiger partial charge in [0.2, 0.25) is 29.5 Å². The summed E-state index contributed by atoms with van der Waals surface area (Å²) in [5.74, 6) is -1.05. The minimum Gasteiger partial charge on any atom is -0.457 e. The lowest BCUT2D eigenvalue weighted by Gasteiger charge is -2.41. The largest absolute Gasteiger partial charge is 0.457 e. The van der Waals surface area contributed by atoms with Gasteiger partial charge in [0, 0.05) is 87.4 Å². The van der Waals surface area contributed by atoms with Crippen LogP contribution in [0.5, 0.6) is 11.5 Å². The zero-order chi connectivity index (χ0) is 57.6. The molecule has 4 aromatic carbocycles. The van der Waals surface area contributed by atoms with Crippen molar-refractivity contribution in [2.75, 3.05) is 74.8 Å². The zero-order valence-electron chi connectivity index (χ0n) is 47.7. The van der Waals surface area contributed by atoms with E-state index < -0.39 is 41.8 Å². The maximum atomic E-state index is 15.9. The number of aromatic nitrogens is 2. The highest BCUT2D eigenvalue weighted by molar-refractivity contribution is 6.31. The quantitative estimate of drug-likeness (QED) is 0.0932. The monoisotopic (exact) mass is 1150 g/mol. The van der Waals surface area contributed by atoms with Gasteiger partial charge in [0.1, 0.15) is 29.4 Å². The molecule has 0 radical (unpaired) electrons. The lowest BCUT2D eigenvalue weighted by Crippen LogP contribution is -2.59. The predicted molar refractivity (Wildman–Crippen MR) is 314 cm³/mol. The molecule has 434 valence electrons. The summed E-state index contributed by atoms with van der Waals surface area (Å²) >= 11 is 13.1. The number of imidazole rings is 1. The van der Waals surface area contributed by atoms with Crippen molar-refractivity contribution in [3.05, 3.63) is 136 Å². The molecule has 5 amide bonds. The van der Waals surface area contributed by atoms with Crippen LogP contribution in [0.4, 0.5) is 0 Å². The maximum Gasteiger partial charge on any atom is 0.247 e. The van der Waals surface area contributed by atoms with Gasteiger partial charge in [-0.2, -0.15) is 0 Å². The minimum absolute atomic E-state index is 0.0552. The fourth-order valence-electron chi connectivity index (χ4n) is 11.5. The fraction of sp³-hybridized carbons (Fsp3) is 0.484. The third-order valence-electron chi connectivity index (χ3n) is 16.0. The van der Waals surface area contributed by atoms with Crippen molar-refractivity contribution in [2.24, 2.45) is 13.0 Å². The summed E-state index contributed by atoms with van der Waals surface area (Å²) < 4.78 is 20.1. The van der Waals surface area contributed by atoms with Crippen LogP contribution in [0.2, 0.25) is 10.0 Å². The van der Waals surface area contributed by atoms with Gasteiger partial charge in [-0.05, 0) is 119 Å². The molecule has 0 bridgehead atoms. The van der Waals surface area contributed by atoms with E-state index in [1.807, 2.05) is 94.1 Å². The number of ether oxygens (including phenoxy) is 3. The molecule has 2 aliphatic heterocycles. The van der Waals surface area contributed by atoms with E-state index in [0.29, 0.717) is 79.1 Å². The molecule has 1 saturated carbocycles. The first-order chi connectivity index (χ1) is 39.0. The van der Waals surface area contributed by atoms with Crippen LogP contribution in [0.3, 0.4) is 0 Å². The van der Waals surface area contributed by atoms with Gasteiger partial charge in [-0.15, -0.1) is 0 Å². The van der Waals surface area contributed by atoms with Crippen molar-refractivity contribution in [1.82, 2.24) is 44.7 Å². The van der Waals surface area contributed by atoms with Gasteiger partial charge in [-0.3, -0.25) is 28.9 Å². The van der Waals surface area contributed by atoms with Gasteiger partial charge in [0.25, 0.3) is 0 Å². The van der Waals surface area contributed by atoms with Gasteiger partial charge >= 0.3 is 0 Å². The average molecular weight is 1150 g/mol. The number of carbonyl (C=O) groups excluding carboxylic acids is 5. The molecule has 0 unspecified atom stereocenters. The van der Waals surface area contributed by atoms with Gasteiger partial charge in [-0.25, -0.2) is 4.98 Å². The number of methoxy groups -OCH3 is 1. The van der Waals surface area contributed by atoms with E-state index in [4.69, 9.17) is 37.4 Å². The van der Waals surface area contributed by atoms with E-state index >= 15 is 19.2 Å². The predicted octanol–water partition coefficient (Wildman–Crippen LogP) is 7.80. The smallest absolute Gasteiger partial charge is 0.247 e. The fourth-order valence-corrected chi connectivity index (χ4v) is 11.7. The number of nitrogens with zero attached hydrogens (tertiary/aromatic N) is 7. The molecule has 2 N–H and O–H groups in total. The molecule has 8 rings (SSSR count). The van der Waals surface area contributed by atoms with Crippen LogP contribution in [-0.2, 0) is 66.4 Å². The standard InChI is InChI=1S/C62H79Cl2N9O8/c1-68(2)40-57-65-38-55(70(57)4)44-21-26-50(27-22-44)81-56-36-48(64)25-20-45(56)39-73-54(17-12-28-72-29-31-80-32-30-72)60(76)67-52(41-79-6)62(78)69(3)49(34-43-18-23-47(63)24-19-43)37-58(74)66-51-15-10-11-16-53(51)71(5)61(77)46(35-59(73)75)33-42-13-8-7-9-14-42/h7-9,13-14,18-27,36,38,46,49,51-54H,10-12,15-17,28-35,37,39-41H2,1-6H3,(H,66,74)(H,67,76)/t46-,49+,51+,52+,53+,54+/m1/s1. The molecule has 2 saturated heterocycles. The van der Waals surface area contributed by atoms with Gasteiger partial charge in [-0.1, -0.05) is 84.6 Å². The first-order valence-corrected chi connectivity index (χ1v) is 29.0. The Kier molecular flexibility index (Phi) is 21.8. The second-order valence-corrected chi connectivity index (χ2v) is 23.0. The molecule has 17 nitrogen and oxygen atoms in total. The number of benzene rings is 4. The van der Waals surface area contributed by atoms with Gasteiger partial charge in [0.05, 0.1) is 56.8 Å². The number of fused-ring (bicyclic) bond motifs is 1. The van der Waals surface area contributed by atoms with Crippen molar-refractivity contribution in [1.29, 1.82) is 0 Å². The highest BCUT2D eigenvalue weighted by Gasteiger charge is 2.40. The minimum atomic E-state index is -1.21. The van der Waals surface area contributed by atoms with E-state index in [9.17, 15) is 4.79 Å². The Labute approximate surface area is 487 Å². The van der Waals surface area contributed by atoms with Crippen LogP contribution in [-0.4, -0.2) is 169 Å². The second-order valence-electron chi connectivity index (χ2n) is 22.1. The molecule has 1 aliphatic carbocycles. The Balaban J connectivity index is 1.21. The second kappa shape index (κ2) is 29.1. The van der Waals surface area contributed by atoms with Crippen molar-refractivity contribution in [2.45, 2.75) is 108 Å². The number of nitrogens with one attached hydrogen (secondary N) is 2. The Morgan fingerprint density at radius 2 is 1.48 bits per heavy atom. The summed E-state index contributed by atoms with van der Waals surface area (Å²) in [7, 11) is 10.9. The van der Waals surface area contributed by atoms with Crippen LogP contribution >= 0.6 is 23.2 Å². The Morgan fingerprint density at radius 3 is 2.20 bits per heavy atom. The van der Waals surface area contributed by atoms with E-state index in [0.717, 1.165) is 54.1 Å². The molecule has 81 heavy (non-hydrogen) atoms. The Bertz CT molecular complexity index is 2900. The molecule has 19 heteroatoms. The molecule has 3 heterocycles. The number of halogens is 2. The number of hydrogen-bond acceptors (Lipinski definition) is 11. The molecular formula is C62H79Cl2N9O8. The number of hydrogen-bond donors (Lipinski definition) is 2. The third kappa shape index (κ3) is 16.4. The maximum absolute atomic E-state index is 15.9. The number of likely N-dealkylation sites (N-methyl/N-ethyl adjacent to an activating group) is 2. The van der Waals surface area contributed by atoms with Crippen molar-refractivity contribution < 1.29 is 38.2 Å². The normalized spacial score (nSPS) is 22.3. The number of carbonyl (C=O) groups is 5. The lowest BCUT2D eigenvalue weighted by atomic mass is 9.87. The SMILES string of the molecule is COC[C@@H]1NC(=O)[C@H](CCCN2CCOCC2)N(Cc2ccc(Cl)cc2Oc2ccc(-c3cnc(CN(C)C)n3C)cc2)C(=O)C[C@@H](Cc2ccccc2)C(=O)N(C)[C@H]2CCCC[C@@H]2NC(=O)C[C@H](Cc2ccc(Cl)cc2)N(C)C1=O. The summed E-state index contributed by atoms with van der Waals surface area (Å²) in [6, 6.07) is 26.0. The third-order valence-corrected chi connectivity index (χ3v) is 16.5. The summed E-state index contributed by atoms with van der Waals surface area (Å²) in [5, 5.41) is 7.27. The summed E-state index contributed by atoms with van der Waals surface area (Å²) in [6.45, 7) is 3.59. The Morgan fingerprint density at radius 1 is 0.778 bits per heavy atom. The van der Waals surface area contributed by atoms with Crippen LogP contribution in [0.1, 0.15) is 73.9 Å². The molecule has 5 aromatic rings. The number of morpholine rings is 1. The molecular weight excluding hydrogens is 1070 g/mol. The summed E-state index contributed by atoms with van der Waals surface area (Å²) in [4.78, 5) is 90.0. The number of rotatable bonds is 17. The highest BCUT2D eigenvalue weighted by atomic mass is 35.5. The highest BCUT2D eigenvalue weighted by Crippen LogP contribution is 2.34. The molecule has 1 aromatic heterocycles. The zero-order valence-corrected chi connectivity index (χ0v) is 49.2. The van der Waals surface area contributed by atoms with E-state index in [-0.39, 0.29) is 62.7 Å². The Hall–Kier alpha value is -6.34. The van der Waals surface area contributed by atoms with Crippen LogP contribution in [0, 0.1) is 5.92 Å². The average Bonchev–Trinajstić information content (AvgIpc) is 3.91. The first-order valence-electron chi connectivity index (χ1n) is 28.3. The number of amides is 5. The molecule has 6 atom stereocenters. The van der Waals surface area contributed by atoms with E-state index in [1.54, 1.807) is 54.2 Å². The van der Waals surface area contributed by atoms with Crippen LogP contribution < -0.4 is 15.4 Å². The van der Waals surface area contributed by atoms with Crippen LogP contribution in [0.15, 0.2) is 103 Å². The first kappa shape index (κ1) is 60.7.